The highest BCUT2D eigenvalue weighted by molar-refractivity contribution is 6.37. The maximum atomic E-state index is 11.6. The first-order valence-electron chi connectivity index (χ1n) is 4.97. The van der Waals surface area contributed by atoms with Crippen molar-refractivity contribution in [2.45, 2.75) is 57.8 Å². The standard InChI is InChI=1S/C9H17BF3/c1-2-3-4-5-6-7-8-10-9(11,12)13/h2-8H2,1H3. The minimum absolute atomic E-state index is 0.176. The summed E-state index contributed by atoms with van der Waals surface area (Å²) in [6.45, 7) is 2.12. The lowest BCUT2D eigenvalue weighted by Crippen LogP contribution is -2.17. The van der Waals surface area contributed by atoms with Gasteiger partial charge < -0.3 is 0 Å². The highest BCUT2D eigenvalue weighted by Crippen LogP contribution is 2.16. The van der Waals surface area contributed by atoms with Crippen molar-refractivity contribution < 1.29 is 13.2 Å². The third-order valence-corrected chi connectivity index (χ3v) is 1.93. The van der Waals surface area contributed by atoms with Gasteiger partial charge in [0.15, 0.2) is 0 Å². The molecule has 0 amide bonds. The average molecular weight is 193 g/mol. The van der Waals surface area contributed by atoms with Crippen LogP contribution in [0.2, 0.25) is 6.32 Å². The Bertz CT molecular complexity index is 112. The van der Waals surface area contributed by atoms with Gasteiger partial charge in [-0.25, -0.2) is 0 Å². The van der Waals surface area contributed by atoms with Gasteiger partial charge in [-0.1, -0.05) is 51.8 Å². The molecule has 0 aromatic carbocycles. The molecule has 0 aromatic heterocycles. The second kappa shape index (κ2) is 7.28. The van der Waals surface area contributed by atoms with E-state index in [1.54, 1.807) is 0 Å². The van der Waals surface area contributed by atoms with E-state index in [-0.39, 0.29) is 6.32 Å². The van der Waals surface area contributed by atoms with Gasteiger partial charge in [0.05, 0.1) is 0 Å². The predicted molar refractivity (Wildman–Crippen MR) is 50.0 cm³/mol. The van der Waals surface area contributed by atoms with Gasteiger partial charge >= 0.3 is 6.08 Å². The highest BCUT2D eigenvalue weighted by Gasteiger charge is 2.26. The van der Waals surface area contributed by atoms with Crippen molar-refractivity contribution in [1.82, 2.24) is 0 Å². The third kappa shape index (κ3) is 11.9. The maximum Gasteiger partial charge on any atom is 0.338 e. The van der Waals surface area contributed by atoms with E-state index in [4.69, 9.17) is 0 Å². The number of unbranched alkanes of at least 4 members (excludes halogenated alkanes) is 5. The van der Waals surface area contributed by atoms with Gasteiger partial charge in [0.2, 0.25) is 0 Å². The molecular weight excluding hydrogens is 176 g/mol. The molecule has 0 saturated heterocycles. The normalized spacial score (nSPS) is 11.7. The monoisotopic (exact) mass is 193 g/mol. The van der Waals surface area contributed by atoms with Crippen molar-refractivity contribution in [2.75, 3.05) is 0 Å². The molecule has 0 aliphatic rings. The van der Waals surface area contributed by atoms with E-state index < -0.39 is 6.08 Å². The zero-order chi connectivity index (χ0) is 10.2. The molecule has 4 heteroatoms. The second-order valence-corrected chi connectivity index (χ2v) is 3.30. The first-order valence-corrected chi connectivity index (χ1v) is 4.97. The summed E-state index contributed by atoms with van der Waals surface area (Å²) in [7, 11) is 0.451. The van der Waals surface area contributed by atoms with Gasteiger partial charge in [0.25, 0.3) is 7.28 Å². The van der Waals surface area contributed by atoms with Crippen molar-refractivity contribution >= 4 is 7.28 Å². The summed E-state index contributed by atoms with van der Waals surface area (Å²) < 4.78 is 34.9. The van der Waals surface area contributed by atoms with Gasteiger partial charge in [-0.05, 0) is 0 Å². The average Bonchev–Trinajstić information content (AvgIpc) is 2.01. The Morgan fingerprint density at radius 1 is 0.923 bits per heavy atom. The van der Waals surface area contributed by atoms with E-state index in [2.05, 4.69) is 6.92 Å². The molecule has 77 valence electrons. The molecule has 0 nitrogen and oxygen atoms in total. The van der Waals surface area contributed by atoms with Crippen LogP contribution in [0, 0.1) is 0 Å². The van der Waals surface area contributed by atoms with Crippen LogP contribution in [0.25, 0.3) is 0 Å². The Balaban J connectivity index is 3.00. The predicted octanol–water partition coefficient (Wildman–Crippen LogP) is 3.99. The molecule has 0 unspecified atom stereocenters. The van der Waals surface area contributed by atoms with Crippen molar-refractivity contribution in [3.8, 4) is 0 Å². The summed E-state index contributed by atoms with van der Waals surface area (Å²) in [6, 6.07) is 0. The van der Waals surface area contributed by atoms with Gasteiger partial charge in [-0.3, -0.25) is 0 Å². The molecule has 0 aromatic rings. The molecule has 0 atom stereocenters. The Labute approximate surface area is 79.1 Å². The van der Waals surface area contributed by atoms with Crippen LogP contribution in [0.4, 0.5) is 13.2 Å². The molecule has 0 heterocycles. The number of alkyl halides is 3. The van der Waals surface area contributed by atoms with Crippen LogP contribution in [-0.2, 0) is 0 Å². The molecule has 0 saturated carbocycles. The van der Waals surface area contributed by atoms with E-state index >= 15 is 0 Å². The van der Waals surface area contributed by atoms with E-state index in [9.17, 15) is 13.2 Å². The molecule has 0 N–H and O–H groups in total. The van der Waals surface area contributed by atoms with Gasteiger partial charge in [0.1, 0.15) is 0 Å². The molecule has 0 bridgehead atoms. The van der Waals surface area contributed by atoms with Crippen molar-refractivity contribution in [3.63, 3.8) is 0 Å². The number of halogens is 3. The zero-order valence-electron chi connectivity index (χ0n) is 8.16. The molecule has 13 heavy (non-hydrogen) atoms. The molecule has 0 aliphatic carbocycles. The lowest BCUT2D eigenvalue weighted by atomic mass is 9.72. The molecular formula is C9H17BF3. The summed E-state index contributed by atoms with van der Waals surface area (Å²) in [5.74, 6) is 0. The Morgan fingerprint density at radius 3 is 2.00 bits per heavy atom. The van der Waals surface area contributed by atoms with Crippen LogP contribution < -0.4 is 0 Å². The summed E-state index contributed by atoms with van der Waals surface area (Å²) in [5, 5.41) is 0. The van der Waals surface area contributed by atoms with E-state index in [0.717, 1.165) is 19.3 Å². The first kappa shape index (κ1) is 12.9. The van der Waals surface area contributed by atoms with Crippen molar-refractivity contribution in [1.29, 1.82) is 0 Å². The Hall–Kier alpha value is -0.145. The van der Waals surface area contributed by atoms with Crippen LogP contribution in [0.1, 0.15) is 45.4 Å². The van der Waals surface area contributed by atoms with Gasteiger partial charge in [-0.2, -0.15) is 13.2 Å². The number of hydrogen-bond donors (Lipinski definition) is 0. The summed E-state index contributed by atoms with van der Waals surface area (Å²) in [4.78, 5) is 0. The summed E-state index contributed by atoms with van der Waals surface area (Å²) in [6.07, 6.45) is 2.29. The lowest BCUT2D eigenvalue weighted by Gasteiger charge is -2.03. The SMILES string of the molecule is CCCCCCCC[B]C(F)(F)F. The van der Waals surface area contributed by atoms with E-state index in [1.165, 1.54) is 12.8 Å². The lowest BCUT2D eigenvalue weighted by molar-refractivity contribution is -0.0472. The summed E-state index contributed by atoms with van der Waals surface area (Å²) >= 11 is 0. The molecule has 0 rings (SSSR count). The fraction of sp³-hybridized carbons (Fsp3) is 1.00. The third-order valence-electron chi connectivity index (χ3n) is 1.93. The maximum absolute atomic E-state index is 11.6. The van der Waals surface area contributed by atoms with Crippen LogP contribution in [-0.4, -0.2) is 13.4 Å². The molecule has 0 aliphatic heterocycles. The van der Waals surface area contributed by atoms with E-state index in [1.807, 2.05) is 0 Å². The quantitative estimate of drug-likeness (QED) is 0.423. The largest absolute Gasteiger partial charge is 0.338 e. The van der Waals surface area contributed by atoms with Gasteiger partial charge in [-0.15, -0.1) is 0 Å². The Morgan fingerprint density at radius 2 is 1.46 bits per heavy atom. The van der Waals surface area contributed by atoms with Crippen LogP contribution in [0.15, 0.2) is 0 Å². The Kier molecular flexibility index (Phi) is 7.20. The number of rotatable bonds is 7. The van der Waals surface area contributed by atoms with Crippen LogP contribution in [0.3, 0.4) is 0 Å². The highest BCUT2D eigenvalue weighted by atomic mass is 19.4. The van der Waals surface area contributed by atoms with Crippen molar-refractivity contribution in [2.24, 2.45) is 0 Å². The molecule has 1 radical (unpaired) electrons. The van der Waals surface area contributed by atoms with Crippen molar-refractivity contribution in [3.05, 3.63) is 0 Å². The van der Waals surface area contributed by atoms with Crippen LogP contribution in [0.5, 0.6) is 0 Å². The molecule has 0 fully saturated rings. The second-order valence-electron chi connectivity index (χ2n) is 3.30. The fourth-order valence-electron chi connectivity index (χ4n) is 1.19. The minimum atomic E-state index is -4.08. The smallest absolute Gasteiger partial charge is 0.183 e. The molecule has 0 spiro atoms. The minimum Gasteiger partial charge on any atom is -0.183 e. The van der Waals surface area contributed by atoms with E-state index in [0.29, 0.717) is 13.7 Å². The number of hydrogen-bond acceptors (Lipinski definition) is 0. The van der Waals surface area contributed by atoms with Gasteiger partial charge in [0, 0.05) is 0 Å². The topological polar surface area (TPSA) is 0 Å². The van der Waals surface area contributed by atoms with Crippen LogP contribution >= 0.6 is 0 Å². The summed E-state index contributed by atoms with van der Waals surface area (Å²) in [5.41, 5.74) is 0. The zero-order valence-corrected chi connectivity index (χ0v) is 8.16. The first-order chi connectivity index (χ1) is 6.06. The fourth-order valence-corrected chi connectivity index (χ4v) is 1.19.